The number of nitrogens with zero attached hydrogens (tertiary/aromatic N) is 3. The third kappa shape index (κ3) is 4.60. The summed E-state index contributed by atoms with van der Waals surface area (Å²) in [5.74, 6) is -0.525. The number of hydrogen-bond acceptors (Lipinski definition) is 5. The van der Waals surface area contributed by atoms with Crippen molar-refractivity contribution >= 4 is 17.5 Å². The number of hydrogen-bond donors (Lipinski definition) is 1. The van der Waals surface area contributed by atoms with Crippen LogP contribution in [-0.2, 0) is 11.0 Å². The van der Waals surface area contributed by atoms with Gasteiger partial charge < -0.3 is 19.5 Å². The van der Waals surface area contributed by atoms with Crippen molar-refractivity contribution in [3.8, 4) is 6.07 Å². The Morgan fingerprint density at radius 1 is 1.18 bits per heavy atom. The Morgan fingerprint density at radius 3 is 2.50 bits per heavy atom. The molecule has 0 bridgehead atoms. The highest BCUT2D eigenvalue weighted by molar-refractivity contribution is 5.93. The van der Waals surface area contributed by atoms with E-state index in [1.807, 2.05) is 0 Å². The van der Waals surface area contributed by atoms with E-state index in [4.69, 9.17) is 9.68 Å². The lowest BCUT2D eigenvalue weighted by molar-refractivity contribution is -0.137. The second-order valence-electron chi connectivity index (χ2n) is 8.77. The Labute approximate surface area is 195 Å². The topological polar surface area (TPSA) is 89.6 Å². The summed E-state index contributed by atoms with van der Waals surface area (Å²) in [5.41, 5.74) is -0.562. The van der Waals surface area contributed by atoms with Crippen molar-refractivity contribution in [2.75, 3.05) is 38.1 Å². The van der Waals surface area contributed by atoms with Gasteiger partial charge in [0.1, 0.15) is 6.26 Å². The summed E-state index contributed by atoms with van der Waals surface area (Å²) in [4.78, 5) is 28.8. The molecule has 0 radical (unpaired) electrons. The first kappa shape index (κ1) is 23.7. The number of alkyl halides is 3. The Morgan fingerprint density at radius 2 is 1.91 bits per heavy atom. The highest BCUT2D eigenvalue weighted by atomic mass is 19.4. The molecule has 0 spiro atoms. The predicted octanol–water partition coefficient (Wildman–Crippen LogP) is 3.52. The summed E-state index contributed by atoms with van der Waals surface area (Å²) in [7, 11) is 1.55. The quantitative estimate of drug-likeness (QED) is 0.733. The molecule has 4 rings (SSSR count). The van der Waals surface area contributed by atoms with E-state index in [9.17, 15) is 22.8 Å². The zero-order valence-electron chi connectivity index (χ0n) is 18.6. The van der Waals surface area contributed by atoms with Gasteiger partial charge in [0.15, 0.2) is 0 Å². The normalized spacial score (nSPS) is 21.4. The molecule has 2 atom stereocenters. The zero-order valence-corrected chi connectivity index (χ0v) is 18.6. The largest absolute Gasteiger partial charge is 0.472 e. The van der Waals surface area contributed by atoms with Crippen molar-refractivity contribution in [2.45, 2.75) is 19.0 Å². The second kappa shape index (κ2) is 9.41. The fourth-order valence-corrected chi connectivity index (χ4v) is 5.14. The number of likely N-dealkylation sites (tertiary alicyclic amines) is 1. The first-order chi connectivity index (χ1) is 16.2. The second-order valence-corrected chi connectivity index (χ2v) is 8.77. The van der Waals surface area contributed by atoms with E-state index in [2.05, 4.69) is 5.32 Å². The lowest BCUT2D eigenvalue weighted by Crippen LogP contribution is -2.43. The molecule has 2 aliphatic rings. The van der Waals surface area contributed by atoms with Gasteiger partial charge in [-0.15, -0.1) is 0 Å². The van der Waals surface area contributed by atoms with E-state index in [-0.39, 0.29) is 29.6 Å². The van der Waals surface area contributed by atoms with Crippen LogP contribution in [0.5, 0.6) is 0 Å². The number of carbonyl (C=O) groups excluding carboxylic acids is 2. The van der Waals surface area contributed by atoms with Gasteiger partial charge in [0.25, 0.3) is 5.91 Å². The van der Waals surface area contributed by atoms with E-state index >= 15 is 0 Å². The molecule has 0 saturated carbocycles. The van der Waals surface area contributed by atoms with E-state index in [1.165, 1.54) is 24.7 Å². The molecular weight excluding hydrogens is 449 g/mol. The average Bonchev–Trinajstić information content (AvgIpc) is 3.53. The van der Waals surface area contributed by atoms with Gasteiger partial charge in [-0.25, -0.2) is 0 Å². The molecule has 2 aromatic rings. The molecule has 1 N–H and O–H groups in total. The fraction of sp³-hybridized carbons (Fsp3) is 0.458. The smallest absolute Gasteiger partial charge is 0.417 e. The van der Waals surface area contributed by atoms with Crippen LogP contribution in [0.15, 0.2) is 41.2 Å². The molecule has 1 aromatic carbocycles. The standard InChI is InChI=1S/C24H25F3N4O3/c1-29-22(32)20-13-31(18-3-2-16(11-28)21(10-18)24(25,26)27)12-19(20)15-4-7-30(8-5-15)23(33)17-6-9-34-14-17/h2-3,6,9-10,14-15,19-20H,4-5,7-8,12-13H2,1H3,(H,29,32). The van der Waals surface area contributed by atoms with Crippen molar-refractivity contribution in [1.82, 2.24) is 10.2 Å². The van der Waals surface area contributed by atoms with Gasteiger partial charge in [-0.1, -0.05) is 0 Å². The third-order valence-corrected chi connectivity index (χ3v) is 6.94. The SMILES string of the molecule is CNC(=O)C1CN(c2ccc(C#N)c(C(F)(F)F)c2)CC1C1CCN(C(=O)c2ccoc2)CC1. The number of amides is 2. The van der Waals surface area contributed by atoms with Crippen LogP contribution in [0.2, 0.25) is 0 Å². The van der Waals surface area contributed by atoms with E-state index in [0.29, 0.717) is 50.3 Å². The number of benzene rings is 1. The van der Waals surface area contributed by atoms with Crippen molar-refractivity contribution in [1.29, 1.82) is 5.26 Å². The average molecular weight is 474 g/mol. The Bertz CT molecular complexity index is 1090. The van der Waals surface area contributed by atoms with Crippen LogP contribution >= 0.6 is 0 Å². The highest BCUT2D eigenvalue weighted by Crippen LogP contribution is 2.40. The molecule has 2 unspecified atom stereocenters. The van der Waals surface area contributed by atoms with Gasteiger partial charge >= 0.3 is 6.18 Å². The highest BCUT2D eigenvalue weighted by Gasteiger charge is 2.43. The lowest BCUT2D eigenvalue weighted by Gasteiger charge is -2.36. The lowest BCUT2D eigenvalue weighted by atomic mass is 9.78. The van der Waals surface area contributed by atoms with E-state index in [1.54, 1.807) is 29.0 Å². The minimum absolute atomic E-state index is 0.0592. The Kier molecular flexibility index (Phi) is 6.55. The number of halogens is 3. The van der Waals surface area contributed by atoms with Crippen LogP contribution in [0.4, 0.5) is 18.9 Å². The van der Waals surface area contributed by atoms with Crippen LogP contribution in [0.25, 0.3) is 0 Å². The molecule has 10 heteroatoms. The summed E-state index contributed by atoms with van der Waals surface area (Å²) < 4.78 is 45.4. The molecule has 2 fully saturated rings. The van der Waals surface area contributed by atoms with E-state index < -0.39 is 17.3 Å². The van der Waals surface area contributed by atoms with Gasteiger partial charge in [-0.05, 0) is 48.9 Å². The minimum atomic E-state index is -4.64. The number of nitriles is 1. The Hall–Kier alpha value is -3.48. The van der Waals surface area contributed by atoms with Crippen LogP contribution in [0.1, 0.15) is 34.3 Å². The van der Waals surface area contributed by atoms with Crippen LogP contribution in [-0.4, -0.2) is 49.9 Å². The number of rotatable bonds is 4. The van der Waals surface area contributed by atoms with Gasteiger partial charge in [0, 0.05) is 38.9 Å². The number of furan rings is 1. The molecule has 34 heavy (non-hydrogen) atoms. The number of carbonyl (C=O) groups is 2. The van der Waals surface area contributed by atoms with Crippen molar-refractivity contribution in [2.24, 2.45) is 17.8 Å². The maximum atomic E-state index is 13.5. The third-order valence-electron chi connectivity index (χ3n) is 6.94. The summed E-state index contributed by atoms with van der Waals surface area (Å²) in [6, 6.07) is 6.90. The molecule has 180 valence electrons. The van der Waals surface area contributed by atoms with Gasteiger partial charge in [-0.2, -0.15) is 18.4 Å². The van der Waals surface area contributed by atoms with Gasteiger partial charge in [0.05, 0.1) is 34.9 Å². The van der Waals surface area contributed by atoms with Gasteiger partial charge in [-0.3, -0.25) is 9.59 Å². The molecular formula is C24H25F3N4O3. The zero-order chi connectivity index (χ0) is 24.5. The van der Waals surface area contributed by atoms with Crippen molar-refractivity contribution in [3.05, 3.63) is 53.5 Å². The molecule has 0 aliphatic carbocycles. The Balaban J connectivity index is 1.51. The summed E-state index contributed by atoms with van der Waals surface area (Å²) in [6.07, 6.45) is -0.367. The predicted molar refractivity (Wildman–Crippen MR) is 117 cm³/mol. The monoisotopic (exact) mass is 474 g/mol. The first-order valence-electron chi connectivity index (χ1n) is 11.1. The van der Waals surface area contributed by atoms with Crippen LogP contribution in [0, 0.1) is 29.1 Å². The van der Waals surface area contributed by atoms with Gasteiger partial charge in [0.2, 0.25) is 5.91 Å². The van der Waals surface area contributed by atoms with Crippen molar-refractivity contribution < 1.29 is 27.2 Å². The summed E-state index contributed by atoms with van der Waals surface area (Å²) in [5, 5.41) is 11.8. The molecule has 2 saturated heterocycles. The summed E-state index contributed by atoms with van der Waals surface area (Å²) >= 11 is 0. The minimum Gasteiger partial charge on any atom is -0.472 e. The first-order valence-corrected chi connectivity index (χ1v) is 11.1. The maximum absolute atomic E-state index is 13.5. The number of anilines is 1. The van der Waals surface area contributed by atoms with Crippen LogP contribution in [0.3, 0.4) is 0 Å². The molecule has 2 aliphatic heterocycles. The molecule has 1 aromatic heterocycles. The number of piperidine rings is 1. The molecule has 7 nitrogen and oxygen atoms in total. The van der Waals surface area contributed by atoms with Crippen LogP contribution < -0.4 is 10.2 Å². The maximum Gasteiger partial charge on any atom is 0.417 e. The fourth-order valence-electron chi connectivity index (χ4n) is 5.14. The number of nitrogens with one attached hydrogen (secondary N) is 1. The molecule has 2 amide bonds. The summed E-state index contributed by atoms with van der Waals surface area (Å²) in [6.45, 7) is 1.81. The molecule has 3 heterocycles. The van der Waals surface area contributed by atoms with E-state index in [0.717, 1.165) is 6.07 Å². The van der Waals surface area contributed by atoms with Crippen molar-refractivity contribution in [3.63, 3.8) is 0 Å².